The molecule has 1 fully saturated rings. The Balaban J connectivity index is 1.73. The Morgan fingerprint density at radius 1 is 1.36 bits per heavy atom. The highest BCUT2D eigenvalue weighted by molar-refractivity contribution is 5.74. The minimum absolute atomic E-state index is 0.152. The molecule has 0 bridgehead atoms. The van der Waals surface area contributed by atoms with Crippen molar-refractivity contribution in [3.8, 4) is 0 Å². The Labute approximate surface area is 151 Å². The van der Waals surface area contributed by atoms with Gasteiger partial charge in [0.25, 0.3) is 0 Å². The second-order valence-electron chi connectivity index (χ2n) is 7.95. The Hall–Kier alpha value is -1.82. The van der Waals surface area contributed by atoms with E-state index in [4.69, 9.17) is 0 Å². The van der Waals surface area contributed by atoms with Crippen molar-refractivity contribution in [2.45, 2.75) is 52.7 Å². The average Bonchev–Trinajstić information content (AvgIpc) is 2.61. The zero-order valence-electron chi connectivity index (χ0n) is 15.8. The fourth-order valence-electron chi connectivity index (χ4n) is 3.35. The number of nitrogens with zero attached hydrogens (tertiary/aromatic N) is 2. The maximum absolute atomic E-state index is 12.2. The van der Waals surface area contributed by atoms with E-state index in [1.807, 2.05) is 45.9 Å². The first-order valence-electron chi connectivity index (χ1n) is 9.18. The van der Waals surface area contributed by atoms with Crippen LogP contribution in [0.3, 0.4) is 0 Å². The van der Waals surface area contributed by atoms with Crippen LogP contribution in [0.2, 0.25) is 0 Å². The smallest absolute Gasteiger partial charge is 0.315 e. The molecule has 1 atom stereocenters. The summed E-state index contributed by atoms with van der Waals surface area (Å²) in [6, 6.07) is 5.95. The van der Waals surface area contributed by atoms with Gasteiger partial charge in [-0.15, -0.1) is 0 Å². The third-order valence-electron chi connectivity index (χ3n) is 4.94. The van der Waals surface area contributed by atoms with Gasteiger partial charge in [-0.3, -0.25) is 0 Å². The summed E-state index contributed by atoms with van der Waals surface area (Å²) in [5.41, 5.74) is -0.353. The number of anilines is 1. The SMILES string of the molecule is CC(C)C(O)C(C)(C)CNC(=O)NC1CCN(c2ccccn2)CC1. The molecule has 25 heavy (non-hydrogen) atoms. The molecule has 2 heterocycles. The molecule has 1 aromatic heterocycles. The summed E-state index contributed by atoms with van der Waals surface area (Å²) in [6.45, 7) is 10.2. The third-order valence-corrected chi connectivity index (χ3v) is 4.94. The molecule has 1 saturated heterocycles. The number of carbonyl (C=O) groups excluding carboxylic acids is 1. The van der Waals surface area contributed by atoms with E-state index in [1.165, 1.54) is 0 Å². The highest BCUT2D eigenvalue weighted by Crippen LogP contribution is 2.25. The number of piperidine rings is 1. The van der Waals surface area contributed by atoms with Crippen LogP contribution < -0.4 is 15.5 Å². The molecule has 0 radical (unpaired) electrons. The van der Waals surface area contributed by atoms with E-state index in [2.05, 4.69) is 20.5 Å². The number of carbonyl (C=O) groups is 1. The predicted molar refractivity (Wildman–Crippen MR) is 101 cm³/mol. The summed E-state index contributed by atoms with van der Waals surface area (Å²) in [5.74, 6) is 1.16. The van der Waals surface area contributed by atoms with Crippen LogP contribution in [0.1, 0.15) is 40.5 Å². The van der Waals surface area contributed by atoms with Crippen molar-refractivity contribution < 1.29 is 9.90 Å². The Morgan fingerprint density at radius 3 is 2.60 bits per heavy atom. The maximum atomic E-state index is 12.2. The minimum Gasteiger partial charge on any atom is -0.392 e. The molecule has 6 nitrogen and oxygen atoms in total. The van der Waals surface area contributed by atoms with Gasteiger partial charge in [-0.25, -0.2) is 9.78 Å². The van der Waals surface area contributed by atoms with Crippen molar-refractivity contribution >= 4 is 11.8 Å². The molecule has 0 aromatic carbocycles. The van der Waals surface area contributed by atoms with Gasteiger partial charge in [-0.05, 0) is 30.9 Å². The number of pyridine rings is 1. The van der Waals surface area contributed by atoms with Crippen LogP contribution in [0.25, 0.3) is 0 Å². The summed E-state index contributed by atoms with van der Waals surface area (Å²) in [5, 5.41) is 16.2. The molecule has 2 rings (SSSR count). The zero-order chi connectivity index (χ0) is 18.4. The Kier molecular flexibility index (Phi) is 6.64. The van der Waals surface area contributed by atoms with Crippen molar-refractivity contribution in [2.75, 3.05) is 24.5 Å². The summed E-state index contributed by atoms with van der Waals surface area (Å²) in [4.78, 5) is 18.8. The van der Waals surface area contributed by atoms with E-state index >= 15 is 0 Å². The maximum Gasteiger partial charge on any atom is 0.315 e. The van der Waals surface area contributed by atoms with Gasteiger partial charge >= 0.3 is 6.03 Å². The lowest BCUT2D eigenvalue weighted by Crippen LogP contribution is -2.51. The zero-order valence-corrected chi connectivity index (χ0v) is 15.8. The van der Waals surface area contributed by atoms with Gasteiger partial charge in [-0.1, -0.05) is 33.8 Å². The molecule has 1 aromatic rings. The van der Waals surface area contributed by atoms with E-state index < -0.39 is 6.10 Å². The third kappa shape index (κ3) is 5.59. The van der Waals surface area contributed by atoms with Crippen LogP contribution in [-0.2, 0) is 0 Å². The fraction of sp³-hybridized carbons (Fsp3) is 0.684. The van der Waals surface area contributed by atoms with Gasteiger partial charge in [0.05, 0.1) is 6.10 Å². The van der Waals surface area contributed by atoms with Crippen molar-refractivity contribution in [1.29, 1.82) is 0 Å². The Bertz CT molecular complexity index is 540. The van der Waals surface area contributed by atoms with Crippen molar-refractivity contribution in [2.24, 2.45) is 11.3 Å². The van der Waals surface area contributed by atoms with Crippen LogP contribution in [0, 0.1) is 11.3 Å². The normalized spacial score (nSPS) is 17.4. The summed E-state index contributed by atoms with van der Waals surface area (Å²) in [6.07, 6.45) is 3.17. The van der Waals surface area contributed by atoms with Gasteiger partial charge in [0.1, 0.15) is 5.82 Å². The first kappa shape index (κ1) is 19.5. The number of hydrogen-bond acceptors (Lipinski definition) is 4. The van der Waals surface area contributed by atoms with Gasteiger partial charge in [0, 0.05) is 37.3 Å². The van der Waals surface area contributed by atoms with Crippen LogP contribution >= 0.6 is 0 Å². The van der Waals surface area contributed by atoms with E-state index in [0.717, 1.165) is 31.7 Å². The van der Waals surface area contributed by atoms with E-state index in [-0.39, 0.29) is 23.4 Å². The van der Waals surface area contributed by atoms with Gasteiger partial charge < -0.3 is 20.6 Å². The second kappa shape index (κ2) is 8.52. The summed E-state index contributed by atoms with van der Waals surface area (Å²) >= 11 is 0. The number of aliphatic hydroxyl groups excluding tert-OH is 1. The van der Waals surface area contributed by atoms with Gasteiger partial charge in [0.2, 0.25) is 0 Å². The number of urea groups is 1. The molecule has 0 aliphatic carbocycles. The number of hydrogen-bond donors (Lipinski definition) is 3. The monoisotopic (exact) mass is 348 g/mol. The van der Waals surface area contributed by atoms with Crippen molar-refractivity contribution in [3.05, 3.63) is 24.4 Å². The van der Waals surface area contributed by atoms with Crippen LogP contribution in [0.4, 0.5) is 10.6 Å². The lowest BCUT2D eigenvalue weighted by atomic mass is 9.81. The molecular formula is C19H32N4O2. The molecule has 3 N–H and O–H groups in total. The van der Waals surface area contributed by atoms with E-state index in [9.17, 15) is 9.90 Å². The average molecular weight is 348 g/mol. The number of aromatic nitrogens is 1. The van der Waals surface area contributed by atoms with E-state index in [0.29, 0.717) is 6.54 Å². The number of aliphatic hydroxyl groups is 1. The van der Waals surface area contributed by atoms with Crippen LogP contribution in [0.5, 0.6) is 0 Å². The van der Waals surface area contributed by atoms with Crippen molar-refractivity contribution in [3.63, 3.8) is 0 Å². The first-order chi connectivity index (χ1) is 11.8. The molecule has 0 spiro atoms. The summed E-state index contributed by atoms with van der Waals surface area (Å²) < 4.78 is 0. The molecule has 1 aliphatic heterocycles. The van der Waals surface area contributed by atoms with Gasteiger partial charge in [-0.2, -0.15) is 0 Å². The number of nitrogens with one attached hydrogen (secondary N) is 2. The van der Waals surface area contributed by atoms with Gasteiger partial charge in [0.15, 0.2) is 0 Å². The first-order valence-corrected chi connectivity index (χ1v) is 9.18. The number of rotatable bonds is 6. The lowest BCUT2D eigenvalue weighted by molar-refractivity contribution is 0.0151. The predicted octanol–water partition coefficient (Wildman–Crippen LogP) is 2.39. The summed E-state index contributed by atoms with van der Waals surface area (Å²) in [7, 11) is 0. The molecular weight excluding hydrogens is 316 g/mol. The highest BCUT2D eigenvalue weighted by Gasteiger charge is 2.31. The highest BCUT2D eigenvalue weighted by atomic mass is 16.3. The van der Waals surface area contributed by atoms with Crippen molar-refractivity contribution in [1.82, 2.24) is 15.6 Å². The largest absolute Gasteiger partial charge is 0.392 e. The molecule has 0 saturated carbocycles. The Morgan fingerprint density at radius 2 is 2.04 bits per heavy atom. The fourth-order valence-corrected chi connectivity index (χ4v) is 3.35. The molecule has 140 valence electrons. The quantitative estimate of drug-likeness (QED) is 0.738. The topological polar surface area (TPSA) is 77.5 Å². The molecule has 2 amide bonds. The molecule has 1 unspecified atom stereocenters. The molecule has 1 aliphatic rings. The molecule has 6 heteroatoms. The number of amides is 2. The minimum atomic E-state index is -0.450. The van der Waals surface area contributed by atoms with E-state index in [1.54, 1.807) is 6.20 Å². The van der Waals surface area contributed by atoms with Crippen LogP contribution in [-0.4, -0.2) is 47.9 Å². The lowest BCUT2D eigenvalue weighted by Gasteiger charge is -2.35. The standard InChI is InChI=1S/C19H32N4O2/c1-14(2)17(24)19(3,4)13-21-18(25)22-15-8-11-23(12-9-15)16-7-5-6-10-20-16/h5-7,10,14-15,17,24H,8-9,11-13H2,1-4H3,(H2,21,22,25). The second-order valence-corrected chi connectivity index (χ2v) is 7.95. The van der Waals surface area contributed by atoms with Crippen LogP contribution in [0.15, 0.2) is 24.4 Å².